The lowest BCUT2D eigenvalue weighted by Crippen LogP contribution is -2.29. The van der Waals surface area contributed by atoms with Crippen LogP contribution in [0, 0.1) is 6.92 Å². The van der Waals surface area contributed by atoms with E-state index in [-0.39, 0.29) is 133 Å². The second-order valence-electron chi connectivity index (χ2n) is 38.8. The van der Waals surface area contributed by atoms with Gasteiger partial charge in [-0.1, -0.05) is 190 Å². The standard InChI is InChI=1S/C23H27ClN2O3.C23H27ClN2O2.C22H25F3N2O2.C20H21ClN2O2.C18H19ClN2O2/c1-13(2)29-21-9-5-15(11-19(21)24)18(12-16-6-10-22(27)25-16)20-8-7-17(14-3-4-14)23(28)26-20;1-13(2)17-7-5-15(11-20(17)24)19(12-16-6-10-22(27)25-16)21-9-8-18(14-3-4-14)23(28)26-21;1-21(2,3)14-6-4-13(5-7-14)16(12-15-8-11-19(28)26-15)18-10-9-17(20(29)27-18)22(23,24)25;21-17-8-9-18(23-20(17)25)16(11-15-7-10-19(24)22-15)14-5-3-13(4-6-14)12-1-2-12;1-11-2-4-12(5-3-11)14(10-13-6-9-17(22)20-13)16-8-7-15(19)18(23)21-16/h5,7-9,11,13-14,16,18H,3-4,6,10,12H2,1-2H3,(H,25,27)(H,26,28);5,7-9,11,13-14,16,19H,3-4,6,10,12H2,1-2H3,(H,25,27)(H,26,28);4-7,9-10,15-16H,8,11-12H2,1-3H3,(H,26,28)(H,27,29);3-6,8-9,12,15-16H,1-2,7,10-11H2,(H,22,24)(H,23,25);2-5,7-8,13-14H,6,9-10H2,1H3,(H,20,22)(H,21,23)/t16-,18?;16-,19?;2*15-,16?;13-,14?/m11111/s1. The molecule has 8 fully saturated rings. The Kier molecular flexibility index (Phi) is 32.3. The molecule has 0 radical (unpaired) electrons. The molecule has 3 saturated carbocycles. The molecule has 28 heteroatoms. The summed E-state index contributed by atoms with van der Waals surface area (Å²) in [6.45, 7) is 16.5. The normalized spacial score (nSPS) is 19.8. The summed E-state index contributed by atoms with van der Waals surface area (Å²) in [5.74, 6) is 2.56. The number of amides is 5. The molecule has 10 atom stereocenters. The molecule has 134 heavy (non-hydrogen) atoms. The third kappa shape index (κ3) is 26.6. The van der Waals surface area contributed by atoms with Crippen LogP contribution in [0.5, 0.6) is 5.75 Å². The molecule has 21 nitrogen and oxygen atoms in total. The smallest absolute Gasteiger partial charge is 0.421 e. The highest BCUT2D eigenvalue weighted by molar-refractivity contribution is 6.32. The first-order valence-electron chi connectivity index (χ1n) is 46.9. The largest absolute Gasteiger partial charge is 0.489 e. The second kappa shape index (κ2) is 43.7. The predicted molar refractivity (Wildman–Crippen MR) is 520 cm³/mol. The number of aryl methyl sites for hydroxylation is 1. The van der Waals surface area contributed by atoms with E-state index in [2.05, 4.69) is 147 Å². The molecule has 10 N–H and O–H groups in total. The highest BCUT2D eigenvalue weighted by Gasteiger charge is 2.38. The Labute approximate surface area is 798 Å². The number of benzene rings is 5. The summed E-state index contributed by atoms with van der Waals surface area (Å²) >= 11 is 24.8. The van der Waals surface area contributed by atoms with Gasteiger partial charge in [0.2, 0.25) is 29.5 Å². The predicted octanol–water partition coefficient (Wildman–Crippen LogP) is 20.7. The van der Waals surface area contributed by atoms with Crippen LogP contribution in [0.15, 0.2) is 194 Å². The Balaban J connectivity index is 0.000000135. The van der Waals surface area contributed by atoms with Crippen molar-refractivity contribution < 1.29 is 41.9 Å². The second-order valence-corrected chi connectivity index (χ2v) is 40.4. The van der Waals surface area contributed by atoms with Crippen molar-refractivity contribution in [3.05, 3.63) is 337 Å². The fraction of sp³-hybridized carbons (Fsp3) is 0.434. The minimum Gasteiger partial charge on any atom is -0.489 e. The van der Waals surface area contributed by atoms with Crippen molar-refractivity contribution in [3.8, 4) is 5.75 Å². The van der Waals surface area contributed by atoms with E-state index in [9.17, 15) is 61.1 Å². The van der Waals surface area contributed by atoms with E-state index in [1.807, 2.05) is 106 Å². The Morgan fingerprint density at radius 3 is 0.970 bits per heavy atom. The zero-order valence-electron chi connectivity index (χ0n) is 76.8. The molecular formula is C106H119Cl4F3N10O11. The Morgan fingerprint density at radius 1 is 0.343 bits per heavy atom. The SMILES string of the molecule is CC(C)(C)c1ccc(C(C[C@H]2CCC(=O)N2)c2ccc(C(F)(F)F)c(=O)[nH]2)cc1.CC(C)Oc1ccc(C(C[C@H]2CCC(=O)N2)c2ccc(C3CC3)c(=O)[nH]2)cc1Cl.CC(C)c1ccc(C(C[C@H]2CCC(=O)N2)c2ccc(C3CC3)c(=O)[nH]2)cc1Cl.Cc1ccc(C(C[C@H]2CCC(=O)N2)c2ccc(Cl)c(=O)[nH]2)cc1.O=C1CC[C@H](CC(c2ccc(C3CC3)cc2)c2ccc(Cl)c(=O)[nH]2)N1. The van der Waals surface area contributed by atoms with Crippen LogP contribution in [0.2, 0.25) is 20.1 Å². The Hall–Kier alpha value is -11.1. The monoisotopic (exact) mass is 1900 g/mol. The molecule has 18 rings (SSSR count). The molecule has 5 unspecified atom stereocenters. The summed E-state index contributed by atoms with van der Waals surface area (Å²) in [5, 5.41) is 16.7. The molecule has 0 bridgehead atoms. The molecule has 5 amide bonds. The highest BCUT2D eigenvalue weighted by atomic mass is 35.5. The highest BCUT2D eigenvalue weighted by Crippen LogP contribution is 2.45. The van der Waals surface area contributed by atoms with Crippen molar-refractivity contribution in [2.45, 2.75) is 291 Å². The van der Waals surface area contributed by atoms with E-state index in [1.165, 1.54) is 30.0 Å². The number of carbonyl (C=O) groups excluding carboxylic acids is 5. The van der Waals surface area contributed by atoms with E-state index < -0.39 is 17.3 Å². The van der Waals surface area contributed by atoms with Crippen molar-refractivity contribution in [1.82, 2.24) is 51.5 Å². The van der Waals surface area contributed by atoms with Crippen LogP contribution in [0.4, 0.5) is 13.2 Å². The van der Waals surface area contributed by atoms with Crippen molar-refractivity contribution in [3.63, 3.8) is 0 Å². The van der Waals surface area contributed by atoms with Gasteiger partial charge in [0, 0.05) is 137 Å². The maximum Gasteiger partial charge on any atom is 0.421 e. The van der Waals surface area contributed by atoms with Crippen molar-refractivity contribution in [2.75, 3.05) is 0 Å². The molecule has 708 valence electrons. The molecule has 10 heterocycles. The molecule has 10 aromatic rings. The number of rotatable bonds is 26. The average molecular weight is 1910 g/mol. The zero-order chi connectivity index (χ0) is 95.6. The third-order valence-electron chi connectivity index (χ3n) is 26.7. The quantitative estimate of drug-likeness (QED) is 0.0243. The minimum atomic E-state index is -4.70. The minimum absolute atomic E-state index is 0.00341. The maximum atomic E-state index is 13.0. The number of nitrogens with one attached hydrogen (secondary N) is 10. The van der Waals surface area contributed by atoms with Gasteiger partial charge in [-0.2, -0.15) is 13.2 Å². The number of pyridine rings is 5. The lowest BCUT2D eigenvalue weighted by atomic mass is 9.83. The number of hydrogen-bond acceptors (Lipinski definition) is 11. The summed E-state index contributed by atoms with van der Waals surface area (Å²) in [7, 11) is 0. The average Bonchev–Trinajstić information content (AvgIpc) is 1.60. The molecule has 5 aliphatic heterocycles. The first-order valence-corrected chi connectivity index (χ1v) is 48.4. The summed E-state index contributed by atoms with van der Waals surface area (Å²) in [6, 6.07) is 54.4. The van der Waals surface area contributed by atoms with Gasteiger partial charge in [-0.3, -0.25) is 47.9 Å². The fourth-order valence-electron chi connectivity index (χ4n) is 18.8. The molecule has 8 aliphatic rings. The van der Waals surface area contributed by atoms with Crippen LogP contribution in [0.1, 0.15) is 332 Å². The molecular weight excluding hydrogens is 1790 g/mol. The Morgan fingerprint density at radius 2 is 0.664 bits per heavy atom. The number of H-pyrrole nitrogens is 5. The van der Waals surface area contributed by atoms with E-state index in [0.717, 1.165) is 160 Å². The number of alkyl halides is 3. The maximum absolute atomic E-state index is 13.0. The van der Waals surface area contributed by atoms with Crippen LogP contribution in [-0.4, -0.2) is 90.8 Å². The van der Waals surface area contributed by atoms with Crippen LogP contribution in [0.25, 0.3) is 0 Å². The molecule has 0 spiro atoms. The van der Waals surface area contributed by atoms with Gasteiger partial charge in [0.05, 0.1) is 11.1 Å². The van der Waals surface area contributed by atoms with E-state index in [0.29, 0.717) is 85.6 Å². The van der Waals surface area contributed by atoms with E-state index in [4.69, 9.17) is 51.1 Å². The van der Waals surface area contributed by atoms with Crippen LogP contribution >= 0.6 is 46.4 Å². The number of aromatic nitrogens is 5. The van der Waals surface area contributed by atoms with Crippen LogP contribution < -0.4 is 59.1 Å². The summed E-state index contributed by atoms with van der Waals surface area (Å²) in [4.78, 5) is 133. The number of hydrogen-bond donors (Lipinski definition) is 10. The summed E-state index contributed by atoms with van der Waals surface area (Å²) in [5.41, 5.74) is 12.7. The fourth-order valence-corrected chi connectivity index (χ4v) is 19.6. The number of aromatic amines is 5. The lowest BCUT2D eigenvalue weighted by molar-refractivity contribution is -0.138. The van der Waals surface area contributed by atoms with Crippen LogP contribution in [-0.2, 0) is 35.6 Å². The van der Waals surface area contributed by atoms with E-state index in [1.54, 1.807) is 12.1 Å². The van der Waals surface area contributed by atoms with Crippen molar-refractivity contribution >= 4 is 75.9 Å². The van der Waals surface area contributed by atoms with Gasteiger partial charge < -0.3 is 56.2 Å². The summed E-state index contributed by atoms with van der Waals surface area (Å²) in [6.07, 6.45) is 12.5. The topological polar surface area (TPSA) is 319 Å². The molecule has 5 aromatic carbocycles. The first-order chi connectivity index (χ1) is 63.9. The number of halogens is 7. The molecule has 3 aliphatic carbocycles. The van der Waals surface area contributed by atoms with Gasteiger partial charge in [0.25, 0.3) is 27.8 Å². The van der Waals surface area contributed by atoms with Gasteiger partial charge in [-0.05, 0) is 264 Å². The van der Waals surface area contributed by atoms with Gasteiger partial charge >= 0.3 is 6.18 Å². The first kappa shape index (κ1) is 98.9. The Bertz CT molecular complexity index is 6190. The molecule has 5 aromatic heterocycles. The van der Waals surface area contributed by atoms with Crippen molar-refractivity contribution in [2.24, 2.45) is 0 Å². The zero-order valence-corrected chi connectivity index (χ0v) is 79.8. The van der Waals surface area contributed by atoms with Gasteiger partial charge in [0.1, 0.15) is 21.4 Å². The number of carbonyl (C=O) groups is 5. The van der Waals surface area contributed by atoms with Crippen LogP contribution in [0.3, 0.4) is 0 Å². The van der Waals surface area contributed by atoms with Crippen molar-refractivity contribution in [1.29, 1.82) is 0 Å². The third-order valence-corrected chi connectivity index (χ3v) is 27.9. The molecule has 5 saturated heterocycles. The summed E-state index contributed by atoms with van der Waals surface area (Å²) < 4.78 is 44.6. The number of ether oxygens (including phenoxy) is 1. The lowest BCUT2D eigenvalue weighted by Gasteiger charge is -2.24. The van der Waals surface area contributed by atoms with E-state index >= 15 is 0 Å². The van der Waals surface area contributed by atoms with Gasteiger partial charge in [-0.25, -0.2) is 0 Å². The van der Waals surface area contributed by atoms with Gasteiger partial charge in [0.15, 0.2) is 0 Å². The van der Waals surface area contributed by atoms with Gasteiger partial charge in [-0.15, -0.1) is 0 Å².